The lowest BCUT2D eigenvalue weighted by molar-refractivity contribution is -0.0595. The van der Waals surface area contributed by atoms with E-state index in [1.54, 1.807) is 0 Å². The minimum absolute atomic E-state index is 0.163. The van der Waals surface area contributed by atoms with Crippen LogP contribution in [0.25, 0.3) is 0 Å². The zero-order valence-electron chi connectivity index (χ0n) is 18.9. The summed E-state index contributed by atoms with van der Waals surface area (Å²) in [5, 5.41) is 12.9. The number of hydrogen-bond acceptors (Lipinski definition) is 7. The highest BCUT2D eigenvalue weighted by Crippen LogP contribution is 2.46. The molecule has 2 aliphatic rings. The van der Waals surface area contributed by atoms with Crippen LogP contribution in [-0.4, -0.2) is 60.0 Å². The highest BCUT2D eigenvalue weighted by atomic mass is 28.4. The van der Waals surface area contributed by atoms with E-state index in [-0.39, 0.29) is 6.61 Å². The van der Waals surface area contributed by atoms with Crippen molar-refractivity contribution in [3.63, 3.8) is 0 Å². The highest BCUT2D eigenvalue weighted by molar-refractivity contribution is 6.77. The van der Waals surface area contributed by atoms with Crippen LogP contribution in [0.15, 0.2) is 21.9 Å². The van der Waals surface area contributed by atoms with Crippen molar-refractivity contribution in [1.29, 1.82) is 0 Å². The van der Waals surface area contributed by atoms with Crippen molar-refractivity contribution in [2.24, 2.45) is 0 Å². The van der Waals surface area contributed by atoms with Gasteiger partial charge in [0.1, 0.15) is 6.10 Å². The number of aromatic nitrogens is 2. The number of hydrogen-bond donors (Lipinski definition) is 3. The van der Waals surface area contributed by atoms with Crippen LogP contribution in [0.1, 0.15) is 47.8 Å². The minimum atomic E-state index is -2.23. The van der Waals surface area contributed by atoms with E-state index in [2.05, 4.69) is 51.8 Å². The zero-order chi connectivity index (χ0) is 23.1. The highest BCUT2D eigenvalue weighted by Gasteiger charge is 2.65. The molecule has 0 aliphatic carbocycles. The molecule has 4 atom stereocenters. The van der Waals surface area contributed by atoms with Gasteiger partial charge in [0.25, 0.3) is 5.56 Å². The zero-order valence-corrected chi connectivity index (χ0v) is 19.9. The molecule has 31 heavy (non-hydrogen) atoms. The first-order chi connectivity index (χ1) is 14.5. The van der Waals surface area contributed by atoms with Crippen LogP contribution < -0.4 is 16.6 Å². The SMILES string of the molecule is CC(C)[Si](OC[C@H]1O[C@@H](n2ccc(=O)[nH]c2=O)[C@]2(CO)NC(=O)O[C@H]12)(C(C)C)C(C)C. The molecule has 11 heteroatoms. The van der Waals surface area contributed by atoms with Crippen LogP contribution >= 0.6 is 0 Å². The van der Waals surface area contributed by atoms with E-state index in [9.17, 15) is 19.5 Å². The van der Waals surface area contributed by atoms with Crippen molar-refractivity contribution in [3.05, 3.63) is 33.1 Å². The number of carbonyl (C=O) groups excluding carboxylic acids is 1. The van der Waals surface area contributed by atoms with Crippen LogP contribution in [0.3, 0.4) is 0 Å². The van der Waals surface area contributed by atoms with Gasteiger partial charge >= 0.3 is 11.8 Å². The quantitative estimate of drug-likeness (QED) is 0.506. The van der Waals surface area contributed by atoms with Crippen molar-refractivity contribution in [2.75, 3.05) is 13.2 Å². The van der Waals surface area contributed by atoms with E-state index in [0.717, 1.165) is 4.57 Å². The third-order valence-corrected chi connectivity index (χ3v) is 12.8. The van der Waals surface area contributed by atoms with E-state index in [1.807, 2.05) is 0 Å². The molecular formula is C20H33N3O7Si. The first-order valence-corrected chi connectivity index (χ1v) is 12.8. The lowest BCUT2D eigenvalue weighted by Gasteiger charge is -2.42. The fraction of sp³-hybridized carbons (Fsp3) is 0.750. The Labute approximate surface area is 182 Å². The maximum atomic E-state index is 12.4. The maximum absolute atomic E-state index is 12.4. The smallest absolute Gasteiger partial charge is 0.408 e. The summed E-state index contributed by atoms with van der Waals surface area (Å²) in [4.78, 5) is 38.2. The van der Waals surface area contributed by atoms with E-state index in [1.165, 1.54) is 12.3 Å². The van der Waals surface area contributed by atoms with Gasteiger partial charge in [-0.15, -0.1) is 0 Å². The Hall–Kier alpha value is -1.95. The van der Waals surface area contributed by atoms with Gasteiger partial charge in [-0.05, 0) is 16.6 Å². The second-order valence-corrected chi connectivity index (χ2v) is 14.8. The minimum Gasteiger partial charge on any atom is -0.441 e. The predicted octanol–water partition coefficient (Wildman–Crippen LogP) is 1.47. The number of rotatable bonds is 8. The first kappa shape index (κ1) is 23.7. The molecule has 3 rings (SSSR count). The van der Waals surface area contributed by atoms with E-state index in [0.29, 0.717) is 16.6 Å². The Bertz CT molecular complexity index is 906. The summed E-state index contributed by atoms with van der Waals surface area (Å²) >= 11 is 0. The van der Waals surface area contributed by atoms with Gasteiger partial charge in [0.2, 0.25) is 0 Å². The second-order valence-electron chi connectivity index (χ2n) is 9.32. The molecule has 0 unspecified atom stereocenters. The molecule has 2 aliphatic heterocycles. The van der Waals surface area contributed by atoms with Gasteiger partial charge in [0.05, 0.1) is 13.2 Å². The molecule has 2 saturated heterocycles. The van der Waals surface area contributed by atoms with Crippen LogP contribution in [0.2, 0.25) is 16.6 Å². The van der Waals surface area contributed by atoms with E-state index < -0.39 is 56.2 Å². The summed E-state index contributed by atoms with van der Waals surface area (Å²) in [7, 11) is -2.23. The molecule has 1 aromatic rings. The van der Waals surface area contributed by atoms with Gasteiger partial charge in [0, 0.05) is 12.3 Å². The van der Waals surface area contributed by atoms with Gasteiger partial charge in [-0.25, -0.2) is 9.59 Å². The maximum Gasteiger partial charge on any atom is 0.408 e. The Morgan fingerprint density at radius 2 is 1.77 bits per heavy atom. The predicted molar refractivity (Wildman–Crippen MR) is 115 cm³/mol. The van der Waals surface area contributed by atoms with Crippen molar-refractivity contribution in [3.8, 4) is 0 Å². The van der Waals surface area contributed by atoms with Gasteiger partial charge in [-0.2, -0.15) is 0 Å². The summed E-state index contributed by atoms with van der Waals surface area (Å²) in [5.41, 5.74) is -1.59. The van der Waals surface area contributed by atoms with Crippen LogP contribution in [0, 0.1) is 0 Å². The average Bonchev–Trinajstić information content (AvgIpc) is 3.15. The Morgan fingerprint density at radius 1 is 1.16 bits per heavy atom. The summed E-state index contributed by atoms with van der Waals surface area (Å²) in [6.45, 7) is 12.6. The van der Waals surface area contributed by atoms with Crippen LogP contribution in [0.5, 0.6) is 0 Å². The fourth-order valence-corrected chi connectivity index (χ4v) is 10.9. The third-order valence-electron chi connectivity index (χ3n) is 6.73. The molecule has 3 N–H and O–H groups in total. The number of aromatic amines is 1. The first-order valence-electron chi connectivity index (χ1n) is 10.7. The Kier molecular flexibility index (Phi) is 6.52. The summed E-state index contributed by atoms with van der Waals surface area (Å²) in [6, 6.07) is 1.18. The normalized spacial score (nSPS) is 28.3. The molecule has 1 amide bonds. The number of amides is 1. The Morgan fingerprint density at radius 3 is 2.29 bits per heavy atom. The second kappa shape index (κ2) is 8.53. The third kappa shape index (κ3) is 3.77. The molecule has 1 aromatic heterocycles. The van der Waals surface area contributed by atoms with Crippen molar-refractivity contribution < 1.29 is 23.8 Å². The molecule has 0 bridgehead atoms. The number of H-pyrrole nitrogens is 1. The largest absolute Gasteiger partial charge is 0.441 e. The van der Waals surface area contributed by atoms with Crippen molar-refractivity contribution >= 4 is 14.4 Å². The lowest BCUT2D eigenvalue weighted by atomic mass is 9.91. The number of ether oxygens (including phenoxy) is 2. The molecule has 174 valence electrons. The molecule has 2 fully saturated rings. The molecule has 0 saturated carbocycles. The summed E-state index contributed by atoms with van der Waals surface area (Å²) in [5.74, 6) is 0. The monoisotopic (exact) mass is 455 g/mol. The van der Waals surface area contributed by atoms with Gasteiger partial charge in [-0.3, -0.25) is 14.3 Å². The molecule has 3 heterocycles. The summed E-state index contributed by atoms with van der Waals surface area (Å²) in [6.07, 6.45) is -2.04. The number of aliphatic hydroxyl groups excluding tert-OH is 1. The van der Waals surface area contributed by atoms with Crippen molar-refractivity contribution in [2.45, 2.75) is 82.1 Å². The van der Waals surface area contributed by atoms with Crippen molar-refractivity contribution in [1.82, 2.24) is 14.9 Å². The fourth-order valence-electron chi connectivity index (χ4n) is 5.47. The van der Waals surface area contributed by atoms with Crippen LogP contribution in [0.4, 0.5) is 4.79 Å². The topological polar surface area (TPSA) is 132 Å². The number of nitrogens with zero attached hydrogens (tertiary/aromatic N) is 1. The average molecular weight is 456 g/mol. The number of fused-ring (bicyclic) bond motifs is 1. The number of nitrogens with one attached hydrogen (secondary N) is 2. The number of carbonyl (C=O) groups is 1. The van der Waals surface area contributed by atoms with E-state index in [4.69, 9.17) is 13.9 Å². The molecule has 0 spiro atoms. The van der Waals surface area contributed by atoms with Gasteiger partial charge < -0.3 is 24.3 Å². The molecule has 10 nitrogen and oxygen atoms in total. The van der Waals surface area contributed by atoms with Crippen LogP contribution in [-0.2, 0) is 13.9 Å². The summed E-state index contributed by atoms with van der Waals surface area (Å²) < 4.78 is 19.4. The van der Waals surface area contributed by atoms with E-state index >= 15 is 0 Å². The standard InChI is InChI=1S/C20H33N3O7Si/c1-11(2)31(12(3)4,13(5)6)28-9-14-16-20(10-24,22-19(27)30-16)17(29-14)23-8-7-15(25)21-18(23)26/h7-8,11-14,16-17,24H,9-10H2,1-6H3,(H,22,27)(H,21,25,26)/t14-,16-,17-,20-/m1/s1. The number of alkyl carbamates (subject to hydrolysis) is 1. The molecular weight excluding hydrogens is 422 g/mol. The molecule has 0 radical (unpaired) electrons. The Balaban J connectivity index is 1.96. The van der Waals surface area contributed by atoms with Gasteiger partial charge in [0.15, 0.2) is 26.2 Å². The number of aliphatic hydroxyl groups is 1. The van der Waals surface area contributed by atoms with Gasteiger partial charge in [-0.1, -0.05) is 41.5 Å². The molecule has 0 aromatic carbocycles. The lowest BCUT2D eigenvalue weighted by Crippen LogP contribution is -2.57.